The van der Waals surface area contributed by atoms with Crippen LogP contribution in [-0.4, -0.2) is 42.4 Å². The summed E-state index contributed by atoms with van der Waals surface area (Å²) in [6, 6.07) is 15.5. The fourth-order valence-corrected chi connectivity index (χ4v) is 3.62. The van der Waals surface area contributed by atoms with Crippen LogP contribution in [0.15, 0.2) is 48.5 Å². The molecule has 0 unspecified atom stereocenters. The number of hydrogen-bond donors (Lipinski definition) is 2. The molecule has 2 N–H and O–H groups in total. The van der Waals surface area contributed by atoms with Gasteiger partial charge in [0.1, 0.15) is 5.82 Å². The molecule has 1 aromatic heterocycles. The van der Waals surface area contributed by atoms with Crippen molar-refractivity contribution in [3.8, 4) is 17.2 Å². The molecule has 2 amide bonds. The summed E-state index contributed by atoms with van der Waals surface area (Å²) in [6.45, 7) is 8.71. The van der Waals surface area contributed by atoms with E-state index in [1.807, 2.05) is 55.5 Å². The lowest BCUT2D eigenvalue weighted by Gasteiger charge is -2.14. The lowest BCUT2D eigenvalue weighted by Crippen LogP contribution is -2.27. The highest BCUT2D eigenvalue weighted by molar-refractivity contribution is 5.92. The van der Waals surface area contributed by atoms with Crippen molar-refractivity contribution in [2.45, 2.75) is 52.4 Å². The van der Waals surface area contributed by atoms with Gasteiger partial charge in [-0.25, -0.2) is 4.68 Å². The molecule has 0 atom stereocenters. The molecule has 0 saturated heterocycles. The number of ether oxygens (including phenoxy) is 2. The van der Waals surface area contributed by atoms with Gasteiger partial charge < -0.3 is 20.1 Å². The fourth-order valence-electron chi connectivity index (χ4n) is 3.62. The zero-order chi connectivity index (χ0) is 26.3. The summed E-state index contributed by atoms with van der Waals surface area (Å²) in [4.78, 5) is 25.0. The van der Waals surface area contributed by atoms with Crippen molar-refractivity contribution in [3.63, 3.8) is 0 Å². The maximum absolute atomic E-state index is 12.7. The van der Waals surface area contributed by atoms with E-state index in [2.05, 4.69) is 31.4 Å². The summed E-state index contributed by atoms with van der Waals surface area (Å²) in [6.07, 6.45) is 0.818. The number of carbonyl (C=O) groups is 2. The number of amides is 2. The third-order valence-electron chi connectivity index (χ3n) is 5.79. The highest BCUT2D eigenvalue weighted by Crippen LogP contribution is 2.28. The van der Waals surface area contributed by atoms with E-state index in [9.17, 15) is 9.59 Å². The van der Waals surface area contributed by atoms with Crippen LogP contribution in [0.3, 0.4) is 0 Å². The molecule has 0 fully saturated rings. The van der Waals surface area contributed by atoms with Gasteiger partial charge in [-0.2, -0.15) is 5.10 Å². The number of nitrogens with one attached hydrogen (secondary N) is 2. The van der Waals surface area contributed by atoms with E-state index in [1.54, 1.807) is 18.9 Å². The number of hydrogen-bond acceptors (Lipinski definition) is 5. The predicted octanol–water partition coefficient (Wildman–Crippen LogP) is 4.57. The van der Waals surface area contributed by atoms with E-state index in [0.717, 1.165) is 22.5 Å². The highest BCUT2D eigenvalue weighted by atomic mass is 16.5. The number of nitrogens with zero attached hydrogens (tertiary/aromatic N) is 2. The van der Waals surface area contributed by atoms with Crippen LogP contribution in [0.1, 0.15) is 50.4 Å². The second-order valence-corrected chi connectivity index (χ2v) is 9.75. The van der Waals surface area contributed by atoms with Gasteiger partial charge in [0.05, 0.1) is 25.6 Å². The van der Waals surface area contributed by atoms with Crippen molar-refractivity contribution in [3.05, 3.63) is 65.4 Å². The van der Waals surface area contributed by atoms with Crippen molar-refractivity contribution in [2.24, 2.45) is 0 Å². The summed E-state index contributed by atoms with van der Waals surface area (Å²) in [7, 11) is 3.18. The number of aryl methyl sites for hydroxylation is 1. The Morgan fingerprint density at radius 2 is 1.58 bits per heavy atom. The Bertz CT molecular complexity index is 1190. The van der Waals surface area contributed by atoms with Crippen LogP contribution in [-0.2, 0) is 21.4 Å². The van der Waals surface area contributed by atoms with Crippen molar-refractivity contribution in [1.82, 2.24) is 15.1 Å². The number of benzene rings is 2. The summed E-state index contributed by atoms with van der Waals surface area (Å²) in [5.74, 6) is 1.49. The van der Waals surface area contributed by atoms with Gasteiger partial charge in [-0.05, 0) is 43.2 Å². The molecule has 0 radical (unpaired) electrons. The molecular weight excluding hydrogens is 456 g/mol. The minimum atomic E-state index is -0.237. The molecule has 0 aliphatic carbocycles. The maximum atomic E-state index is 12.7. The summed E-state index contributed by atoms with van der Waals surface area (Å²) < 4.78 is 12.3. The molecule has 1 heterocycles. The van der Waals surface area contributed by atoms with E-state index in [-0.39, 0.29) is 30.1 Å². The number of methoxy groups -OCH3 is 2. The fraction of sp³-hybridized carbons (Fsp3) is 0.393. The smallest absolute Gasteiger partial charge is 0.226 e. The van der Waals surface area contributed by atoms with Crippen LogP contribution >= 0.6 is 0 Å². The molecule has 8 heteroatoms. The van der Waals surface area contributed by atoms with E-state index in [4.69, 9.17) is 14.6 Å². The predicted molar refractivity (Wildman–Crippen MR) is 141 cm³/mol. The molecule has 8 nitrogen and oxygen atoms in total. The molecule has 0 saturated carbocycles. The van der Waals surface area contributed by atoms with Crippen LogP contribution in [0, 0.1) is 6.92 Å². The Labute approximate surface area is 213 Å². The van der Waals surface area contributed by atoms with Crippen LogP contribution in [0.4, 0.5) is 5.82 Å². The van der Waals surface area contributed by atoms with Crippen molar-refractivity contribution in [1.29, 1.82) is 0 Å². The molecule has 36 heavy (non-hydrogen) atoms. The van der Waals surface area contributed by atoms with Crippen LogP contribution in [0.2, 0.25) is 0 Å². The molecule has 0 aliphatic heterocycles. The molecule has 0 bridgehead atoms. The first-order valence-corrected chi connectivity index (χ1v) is 12.1. The number of rotatable bonds is 10. The molecular formula is C28H36N4O4. The Balaban J connectivity index is 1.55. The van der Waals surface area contributed by atoms with E-state index in [0.29, 0.717) is 30.3 Å². The first-order chi connectivity index (χ1) is 17.1. The zero-order valence-electron chi connectivity index (χ0n) is 22.0. The third-order valence-corrected chi connectivity index (χ3v) is 5.79. The number of anilines is 1. The SMILES string of the molecule is COc1ccc(CCNC(=O)CCC(=O)Nc2cc(C(C)(C)C)nn2-c2ccc(C)cc2)cc1OC. The lowest BCUT2D eigenvalue weighted by atomic mass is 9.92. The van der Waals surface area contributed by atoms with Gasteiger partial charge in [0, 0.05) is 30.9 Å². The Hall–Kier alpha value is -3.81. The van der Waals surface area contributed by atoms with Crippen molar-refractivity contribution in [2.75, 3.05) is 26.1 Å². The van der Waals surface area contributed by atoms with Gasteiger partial charge in [-0.15, -0.1) is 0 Å². The van der Waals surface area contributed by atoms with E-state index >= 15 is 0 Å². The Morgan fingerprint density at radius 1 is 0.917 bits per heavy atom. The minimum absolute atomic E-state index is 0.0755. The lowest BCUT2D eigenvalue weighted by molar-refractivity contribution is -0.124. The minimum Gasteiger partial charge on any atom is -0.493 e. The number of aromatic nitrogens is 2. The van der Waals surface area contributed by atoms with Gasteiger partial charge in [0.25, 0.3) is 0 Å². The van der Waals surface area contributed by atoms with Crippen LogP contribution in [0.25, 0.3) is 5.69 Å². The van der Waals surface area contributed by atoms with Gasteiger partial charge in [-0.1, -0.05) is 44.5 Å². The van der Waals surface area contributed by atoms with Crippen LogP contribution < -0.4 is 20.1 Å². The average Bonchev–Trinajstić information content (AvgIpc) is 3.27. The number of carbonyl (C=O) groups excluding carboxylic acids is 2. The van der Waals surface area contributed by atoms with E-state index in [1.165, 1.54) is 0 Å². The van der Waals surface area contributed by atoms with Gasteiger partial charge >= 0.3 is 0 Å². The molecule has 0 spiro atoms. The average molecular weight is 493 g/mol. The molecule has 192 valence electrons. The van der Waals surface area contributed by atoms with Gasteiger partial charge in [0.15, 0.2) is 11.5 Å². The Morgan fingerprint density at radius 3 is 2.22 bits per heavy atom. The molecule has 0 aliphatic rings. The molecule has 2 aromatic carbocycles. The van der Waals surface area contributed by atoms with Crippen molar-refractivity contribution >= 4 is 17.6 Å². The molecule has 3 rings (SSSR count). The van der Waals surface area contributed by atoms with Crippen molar-refractivity contribution < 1.29 is 19.1 Å². The summed E-state index contributed by atoms with van der Waals surface area (Å²) in [5, 5.41) is 10.5. The second-order valence-electron chi connectivity index (χ2n) is 9.75. The first kappa shape index (κ1) is 26.8. The largest absolute Gasteiger partial charge is 0.493 e. The van der Waals surface area contributed by atoms with E-state index < -0.39 is 0 Å². The van der Waals surface area contributed by atoms with Gasteiger partial charge in [-0.3, -0.25) is 9.59 Å². The monoisotopic (exact) mass is 492 g/mol. The maximum Gasteiger partial charge on any atom is 0.226 e. The van der Waals surface area contributed by atoms with Gasteiger partial charge in [0.2, 0.25) is 11.8 Å². The zero-order valence-corrected chi connectivity index (χ0v) is 22.0. The normalized spacial score (nSPS) is 11.2. The summed E-state index contributed by atoms with van der Waals surface area (Å²) in [5.41, 5.74) is 3.71. The second kappa shape index (κ2) is 11.7. The highest BCUT2D eigenvalue weighted by Gasteiger charge is 2.21. The Kier molecular flexibility index (Phi) is 8.74. The topological polar surface area (TPSA) is 94.5 Å². The first-order valence-electron chi connectivity index (χ1n) is 12.1. The quantitative estimate of drug-likeness (QED) is 0.432. The standard InChI is InChI=1S/C28H36N4O4/c1-19-7-10-21(11-8-19)32-25(18-24(31-32)28(2,3)4)30-27(34)14-13-26(33)29-16-15-20-9-12-22(35-5)23(17-20)36-6/h7-12,17-18H,13-16H2,1-6H3,(H,29,33)(H,30,34). The third kappa shape index (κ3) is 7.10. The summed E-state index contributed by atoms with van der Waals surface area (Å²) >= 11 is 0. The molecule has 3 aromatic rings. The van der Waals surface area contributed by atoms with Crippen LogP contribution in [0.5, 0.6) is 11.5 Å².